The molecule has 2 aromatic rings. The van der Waals surface area contributed by atoms with Crippen molar-refractivity contribution in [2.24, 2.45) is 0 Å². The van der Waals surface area contributed by atoms with Crippen LogP contribution < -0.4 is 4.74 Å². The molecule has 0 aliphatic heterocycles. The lowest BCUT2D eigenvalue weighted by molar-refractivity contribution is -0.150. The van der Waals surface area contributed by atoms with E-state index in [9.17, 15) is 4.79 Å². The van der Waals surface area contributed by atoms with Crippen LogP contribution in [0.5, 0.6) is 5.88 Å². The van der Waals surface area contributed by atoms with Gasteiger partial charge in [0.25, 0.3) is 0 Å². The van der Waals surface area contributed by atoms with E-state index in [1.165, 1.54) is 0 Å². The molecule has 104 valence electrons. The fourth-order valence-corrected chi connectivity index (χ4v) is 1.74. The van der Waals surface area contributed by atoms with Crippen molar-refractivity contribution in [3.05, 3.63) is 48.5 Å². The van der Waals surface area contributed by atoms with Crippen LogP contribution in [0.4, 0.5) is 0 Å². The number of nitrogens with zero attached hydrogens (tertiary/aromatic N) is 1. The van der Waals surface area contributed by atoms with Crippen molar-refractivity contribution in [2.75, 3.05) is 6.61 Å². The molecular weight excluding hydrogens is 254 g/mol. The molecule has 0 spiro atoms. The van der Waals surface area contributed by atoms with Crippen LogP contribution >= 0.6 is 0 Å². The Balaban J connectivity index is 2.12. The summed E-state index contributed by atoms with van der Waals surface area (Å²) < 4.78 is 10.4. The van der Waals surface area contributed by atoms with Gasteiger partial charge in [-0.2, -0.15) is 0 Å². The van der Waals surface area contributed by atoms with Crippen molar-refractivity contribution >= 4 is 5.97 Å². The van der Waals surface area contributed by atoms with E-state index in [0.717, 1.165) is 11.3 Å². The standard InChI is InChI=1S/C16H17NO3/c1-3-19-16(18)12(2)20-15-11-7-10-14(17-15)13-8-5-4-6-9-13/h4-12H,3H2,1-2H3/t12-/m1/s1. The molecule has 0 radical (unpaired) electrons. The summed E-state index contributed by atoms with van der Waals surface area (Å²) in [4.78, 5) is 15.9. The normalized spacial score (nSPS) is 11.7. The number of pyridine rings is 1. The summed E-state index contributed by atoms with van der Waals surface area (Å²) in [5.74, 6) is 0.0197. The van der Waals surface area contributed by atoms with Gasteiger partial charge in [-0.3, -0.25) is 0 Å². The maximum Gasteiger partial charge on any atom is 0.347 e. The molecule has 20 heavy (non-hydrogen) atoms. The predicted octanol–water partition coefficient (Wildman–Crippen LogP) is 3.08. The summed E-state index contributed by atoms with van der Waals surface area (Å²) in [6.45, 7) is 3.75. The first-order chi connectivity index (χ1) is 9.70. The zero-order chi connectivity index (χ0) is 14.4. The van der Waals surface area contributed by atoms with Crippen LogP contribution in [0.25, 0.3) is 11.3 Å². The molecule has 0 saturated heterocycles. The van der Waals surface area contributed by atoms with Gasteiger partial charge in [0.15, 0.2) is 6.10 Å². The minimum absolute atomic E-state index is 0.337. The van der Waals surface area contributed by atoms with Gasteiger partial charge in [-0.25, -0.2) is 9.78 Å². The highest BCUT2D eigenvalue weighted by molar-refractivity contribution is 5.74. The molecule has 1 atom stereocenters. The van der Waals surface area contributed by atoms with E-state index in [2.05, 4.69) is 4.98 Å². The molecule has 0 bridgehead atoms. The smallest absolute Gasteiger partial charge is 0.347 e. The van der Waals surface area contributed by atoms with Gasteiger partial charge in [0.05, 0.1) is 12.3 Å². The second-order valence-electron chi connectivity index (χ2n) is 4.24. The molecule has 0 unspecified atom stereocenters. The second-order valence-corrected chi connectivity index (χ2v) is 4.24. The molecule has 0 fully saturated rings. The third-order valence-electron chi connectivity index (χ3n) is 2.71. The maximum absolute atomic E-state index is 11.5. The van der Waals surface area contributed by atoms with Crippen LogP contribution in [-0.2, 0) is 9.53 Å². The Morgan fingerprint density at radius 1 is 1.15 bits per heavy atom. The Morgan fingerprint density at radius 2 is 1.90 bits per heavy atom. The van der Waals surface area contributed by atoms with Crippen molar-refractivity contribution in [3.8, 4) is 17.1 Å². The number of carbonyl (C=O) groups excluding carboxylic acids is 1. The van der Waals surface area contributed by atoms with Gasteiger partial charge < -0.3 is 9.47 Å². The molecule has 0 aliphatic rings. The molecular formula is C16H17NO3. The number of hydrogen-bond donors (Lipinski definition) is 0. The lowest BCUT2D eigenvalue weighted by Gasteiger charge is -2.13. The Bertz CT molecular complexity index is 569. The molecule has 1 heterocycles. The molecule has 0 N–H and O–H groups in total. The molecule has 4 heteroatoms. The van der Waals surface area contributed by atoms with Crippen LogP contribution in [0.1, 0.15) is 13.8 Å². The summed E-state index contributed by atoms with van der Waals surface area (Å²) in [6.07, 6.45) is -0.673. The number of aromatic nitrogens is 1. The third kappa shape index (κ3) is 3.57. The SMILES string of the molecule is CCOC(=O)[C@@H](C)Oc1cccc(-c2ccccc2)n1. The zero-order valence-corrected chi connectivity index (χ0v) is 11.6. The topological polar surface area (TPSA) is 48.4 Å². The Labute approximate surface area is 118 Å². The van der Waals surface area contributed by atoms with Gasteiger partial charge in [-0.15, -0.1) is 0 Å². The van der Waals surface area contributed by atoms with E-state index in [1.807, 2.05) is 42.5 Å². The number of esters is 1. The molecule has 1 aromatic heterocycles. The Kier molecular flexibility index (Phi) is 4.71. The Morgan fingerprint density at radius 3 is 2.60 bits per heavy atom. The zero-order valence-electron chi connectivity index (χ0n) is 11.6. The van der Waals surface area contributed by atoms with Gasteiger partial charge in [0.1, 0.15) is 0 Å². The summed E-state index contributed by atoms with van der Waals surface area (Å²) in [6, 6.07) is 15.3. The van der Waals surface area contributed by atoms with E-state index in [1.54, 1.807) is 19.9 Å². The molecule has 0 aliphatic carbocycles. The second kappa shape index (κ2) is 6.70. The Hall–Kier alpha value is -2.36. The predicted molar refractivity (Wildman–Crippen MR) is 76.4 cm³/mol. The average molecular weight is 271 g/mol. The van der Waals surface area contributed by atoms with E-state index < -0.39 is 6.10 Å². The van der Waals surface area contributed by atoms with Crippen LogP contribution in [-0.4, -0.2) is 23.7 Å². The summed E-state index contributed by atoms with van der Waals surface area (Å²) in [5, 5.41) is 0. The van der Waals surface area contributed by atoms with Crippen molar-refractivity contribution in [2.45, 2.75) is 20.0 Å². The number of hydrogen-bond acceptors (Lipinski definition) is 4. The highest BCUT2D eigenvalue weighted by atomic mass is 16.6. The molecule has 1 aromatic carbocycles. The van der Waals surface area contributed by atoms with E-state index >= 15 is 0 Å². The van der Waals surface area contributed by atoms with E-state index in [-0.39, 0.29) is 5.97 Å². The fourth-order valence-electron chi connectivity index (χ4n) is 1.74. The largest absolute Gasteiger partial charge is 0.463 e. The highest BCUT2D eigenvalue weighted by Gasteiger charge is 2.16. The van der Waals surface area contributed by atoms with Crippen molar-refractivity contribution in [1.82, 2.24) is 4.98 Å². The number of ether oxygens (including phenoxy) is 2. The molecule has 0 amide bonds. The maximum atomic E-state index is 11.5. The first kappa shape index (κ1) is 14.1. The lowest BCUT2D eigenvalue weighted by atomic mass is 10.1. The number of benzene rings is 1. The summed E-state index contributed by atoms with van der Waals surface area (Å²) >= 11 is 0. The van der Waals surface area contributed by atoms with Gasteiger partial charge in [0, 0.05) is 11.6 Å². The van der Waals surface area contributed by atoms with Crippen LogP contribution in [0.3, 0.4) is 0 Å². The minimum atomic E-state index is -0.673. The van der Waals surface area contributed by atoms with Crippen LogP contribution in [0, 0.1) is 0 Å². The van der Waals surface area contributed by atoms with Gasteiger partial charge in [-0.1, -0.05) is 36.4 Å². The minimum Gasteiger partial charge on any atom is -0.463 e. The average Bonchev–Trinajstić information content (AvgIpc) is 2.48. The third-order valence-corrected chi connectivity index (χ3v) is 2.71. The molecule has 4 nitrogen and oxygen atoms in total. The van der Waals surface area contributed by atoms with Crippen molar-refractivity contribution < 1.29 is 14.3 Å². The van der Waals surface area contributed by atoms with Crippen LogP contribution in [0.2, 0.25) is 0 Å². The van der Waals surface area contributed by atoms with Crippen molar-refractivity contribution in [1.29, 1.82) is 0 Å². The summed E-state index contributed by atoms with van der Waals surface area (Å²) in [5.41, 5.74) is 1.81. The monoisotopic (exact) mass is 271 g/mol. The number of rotatable bonds is 5. The van der Waals surface area contributed by atoms with Gasteiger partial charge in [-0.05, 0) is 19.9 Å². The van der Waals surface area contributed by atoms with Crippen molar-refractivity contribution in [3.63, 3.8) is 0 Å². The molecule has 2 rings (SSSR count). The first-order valence-corrected chi connectivity index (χ1v) is 6.56. The number of carbonyl (C=O) groups is 1. The first-order valence-electron chi connectivity index (χ1n) is 6.56. The van der Waals surface area contributed by atoms with Crippen LogP contribution in [0.15, 0.2) is 48.5 Å². The fraction of sp³-hybridized carbons (Fsp3) is 0.250. The van der Waals surface area contributed by atoms with Gasteiger partial charge >= 0.3 is 5.97 Å². The summed E-state index contributed by atoms with van der Waals surface area (Å²) in [7, 11) is 0. The van der Waals surface area contributed by atoms with E-state index in [4.69, 9.17) is 9.47 Å². The lowest BCUT2D eigenvalue weighted by Crippen LogP contribution is -2.26. The quantitative estimate of drug-likeness (QED) is 0.784. The molecule has 0 saturated carbocycles. The highest BCUT2D eigenvalue weighted by Crippen LogP contribution is 2.19. The van der Waals surface area contributed by atoms with Gasteiger partial charge in [0.2, 0.25) is 5.88 Å². The van der Waals surface area contributed by atoms with E-state index in [0.29, 0.717) is 12.5 Å².